The fraction of sp³-hybridized carbons (Fsp3) is 0.600. The largest absolute Gasteiger partial charge is 0.381 e. The Morgan fingerprint density at radius 2 is 1.76 bits per heavy atom. The van der Waals surface area contributed by atoms with Crippen LogP contribution in [0.2, 0.25) is 0 Å². The van der Waals surface area contributed by atoms with Crippen LogP contribution >= 0.6 is 0 Å². The molecule has 2 aliphatic rings. The molecule has 1 saturated carbocycles. The van der Waals surface area contributed by atoms with Crippen LogP contribution in [0.15, 0.2) is 29.2 Å². The van der Waals surface area contributed by atoms with Crippen LogP contribution in [0.25, 0.3) is 0 Å². The van der Waals surface area contributed by atoms with Crippen molar-refractivity contribution in [2.75, 3.05) is 13.2 Å². The van der Waals surface area contributed by atoms with Gasteiger partial charge in [-0.2, -0.15) is 0 Å². The molecule has 6 heteroatoms. The van der Waals surface area contributed by atoms with Gasteiger partial charge in [0.15, 0.2) is 0 Å². The van der Waals surface area contributed by atoms with E-state index in [2.05, 4.69) is 10.0 Å². The highest BCUT2D eigenvalue weighted by molar-refractivity contribution is 7.89. The van der Waals surface area contributed by atoms with Gasteiger partial charge in [0.1, 0.15) is 0 Å². The van der Waals surface area contributed by atoms with Crippen LogP contribution in [-0.4, -0.2) is 33.7 Å². The van der Waals surface area contributed by atoms with Gasteiger partial charge < -0.3 is 10.1 Å². The average molecular weight is 310 g/mol. The highest BCUT2D eigenvalue weighted by Gasteiger charge is 2.25. The Kier molecular flexibility index (Phi) is 4.59. The summed E-state index contributed by atoms with van der Waals surface area (Å²) in [5.41, 5.74) is 0.837. The van der Waals surface area contributed by atoms with Crippen molar-refractivity contribution in [3.05, 3.63) is 29.8 Å². The molecule has 1 aromatic rings. The first-order chi connectivity index (χ1) is 10.1. The van der Waals surface area contributed by atoms with Crippen LogP contribution < -0.4 is 10.0 Å². The zero-order valence-corrected chi connectivity index (χ0v) is 12.9. The summed E-state index contributed by atoms with van der Waals surface area (Å²) in [5, 5.41) is 3.38. The molecule has 1 aromatic carbocycles. The van der Waals surface area contributed by atoms with Gasteiger partial charge in [0.25, 0.3) is 0 Å². The molecule has 1 aliphatic carbocycles. The Bertz CT molecular complexity index is 578. The highest BCUT2D eigenvalue weighted by atomic mass is 32.2. The first-order valence-electron chi connectivity index (χ1n) is 7.56. The van der Waals surface area contributed by atoms with Crippen molar-refractivity contribution in [3.8, 4) is 0 Å². The minimum atomic E-state index is -3.46. The van der Waals surface area contributed by atoms with E-state index in [1.54, 1.807) is 12.1 Å². The number of nitrogens with one attached hydrogen (secondary N) is 2. The Labute approximate surface area is 126 Å². The Morgan fingerprint density at radius 1 is 1.05 bits per heavy atom. The van der Waals surface area contributed by atoms with E-state index >= 15 is 0 Å². The van der Waals surface area contributed by atoms with E-state index < -0.39 is 10.0 Å². The van der Waals surface area contributed by atoms with Crippen LogP contribution in [0.1, 0.15) is 31.2 Å². The second-order valence-corrected chi connectivity index (χ2v) is 7.45. The van der Waals surface area contributed by atoms with Gasteiger partial charge in [-0.05, 0) is 37.3 Å². The quantitative estimate of drug-likeness (QED) is 0.833. The lowest BCUT2D eigenvalue weighted by Gasteiger charge is -2.23. The molecule has 0 atom stereocenters. The fourth-order valence-corrected chi connectivity index (χ4v) is 4.10. The van der Waals surface area contributed by atoms with Crippen LogP contribution in [-0.2, 0) is 21.3 Å². The molecule has 2 N–H and O–H groups in total. The van der Waals surface area contributed by atoms with E-state index in [0.717, 1.165) is 18.4 Å². The Hall–Kier alpha value is -0.950. The molecule has 0 aromatic heterocycles. The standard InChI is InChI=1S/C15H22N2O3S/c18-21(19,17-14-7-9-20-10-8-14)15-4-2-1-3-12(15)11-16-13-5-6-13/h1-4,13-14,16-17H,5-11H2. The van der Waals surface area contributed by atoms with E-state index in [1.807, 2.05) is 12.1 Å². The maximum absolute atomic E-state index is 12.6. The Balaban J connectivity index is 1.73. The first-order valence-corrected chi connectivity index (χ1v) is 9.05. The van der Waals surface area contributed by atoms with Crippen molar-refractivity contribution < 1.29 is 13.2 Å². The first kappa shape index (κ1) is 15.0. The molecule has 5 nitrogen and oxygen atoms in total. The van der Waals surface area contributed by atoms with Crippen molar-refractivity contribution >= 4 is 10.0 Å². The van der Waals surface area contributed by atoms with Gasteiger partial charge in [-0.1, -0.05) is 18.2 Å². The fourth-order valence-electron chi connectivity index (χ4n) is 2.55. The van der Waals surface area contributed by atoms with Crippen LogP contribution in [0.4, 0.5) is 0 Å². The number of ether oxygens (including phenoxy) is 1. The molecule has 1 aliphatic heterocycles. The SMILES string of the molecule is O=S(=O)(NC1CCOCC1)c1ccccc1CNC1CC1. The van der Waals surface area contributed by atoms with Gasteiger partial charge in [0, 0.05) is 31.8 Å². The summed E-state index contributed by atoms with van der Waals surface area (Å²) in [6, 6.07) is 7.77. The lowest BCUT2D eigenvalue weighted by Crippen LogP contribution is -2.39. The minimum absolute atomic E-state index is 0.0202. The van der Waals surface area contributed by atoms with Crippen molar-refractivity contribution in [2.45, 2.75) is 49.2 Å². The van der Waals surface area contributed by atoms with E-state index in [4.69, 9.17) is 4.74 Å². The molecular weight excluding hydrogens is 288 g/mol. The third-order valence-electron chi connectivity index (χ3n) is 3.96. The molecule has 21 heavy (non-hydrogen) atoms. The molecular formula is C15H22N2O3S. The zero-order valence-electron chi connectivity index (χ0n) is 12.0. The lowest BCUT2D eigenvalue weighted by atomic mass is 10.1. The average Bonchev–Trinajstić information content (AvgIpc) is 3.30. The molecule has 0 radical (unpaired) electrons. The summed E-state index contributed by atoms with van der Waals surface area (Å²) in [4.78, 5) is 0.393. The third kappa shape index (κ3) is 4.03. The molecule has 3 rings (SSSR count). The summed E-state index contributed by atoms with van der Waals surface area (Å²) in [7, 11) is -3.46. The molecule has 0 amide bonds. The summed E-state index contributed by atoms with van der Waals surface area (Å²) in [6.07, 6.45) is 3.86. The number of hydrogen-bond donors (Lipinski definition) is 2. The van der Waals surface area contributed by atoms with Gasteiger partial charge in [-0.25, -0.2) is 13.1 Å². The summed E-state index contributed by atoms with van der Waals surface area (Å²) in [6.45, 7) is 1.85. The summed E-state index contributed by atoms with van der Waals surface area (Å²) < 4.78 is 33.3. The molecule has 0 unspecified atom stereocenters. The minimum Gasteiger partial charge on any atom is -0.381 e. The second-order valence-electron chi connectivity index (χ2n) is 5.77. The van der Waals surface area contributed by atoms with Crippen molar-refractivity contribution in [1.29, 1.82) is 0 Å². The van der Waals surface area contributed by atoms with Gasteiger partial charge >= 0.3 is 0 Å². The van der Waals surface area contributed by atoms with Gasteiger partial charge in [0.05, 0.1) is 4.90 Å². The second kappa shape index (κ2) is 6.44. The molecule has 116 valence electrons. The molecule has 1 saturated heterocycles. The van der Waals surface area contributed by atoms with Crippen LogP contribution in [0.3, 0.4) is 0 Å². The number of benzene rings is 1. The lowest BCUT2D eigenvalue weighted by molar-refractivity contribution is 0.0832. The molecule has 0 spiro atoms. The number of sulfonamides is 1. The van der Waals surface area contributed by atoms with E-state index in [-0.39, 0.29) is 6.04 Å². The van der Waals surface area contributed by atoms with Crippen molar-refractivity contribution in [1.82, 2.24) is 10.0 Å². The number of hydrogen-bond acceptors (Lipinski definition) is 4. The van der Waals surface area contributed by atoms with Crippen LogP contribution in [0, 0.1) is 0 Å². The van der Waals surface area contributed by atoms with Crippen LogP contribution in [0.5, 0.6) is 0 Å². The maximum Gasteiger partial charge on any atom is 0.241 e. The highest BCUT2D eigenvalue weighted by Crippen LogP contribution is 2.22. The topological polar surface area (TPSA) is 67.4 Å². The smallest absolute Gasteiger partial charge is 0.241 e. The monoisotopic (exact) mass is 310 g/mol. The molecule has 0 bridgehead atoms. The molecule has 1 heterocycles. The predicted molar refractivity (Wildman–Crippen MR) is 80.5 cm³/mol. The number of rotatable bonds is 6. The maximum atomic E-state index is 12.6. The van der Waals surface area contributed by atoms with Gasteiger partial charge in [-0.15, -0.1) is 0 Å². The van der Waals surface area contributed by atoms with E-state index in [9.17, 15) is 8.42 Å². The third-order valence-corrected chi connectivity index (χ3v) is 5.58. The van der Waals surface area contributed by atoms with E-state index in [1.165, 1.54) is 12.8 Å². The Morgan fingerprint density at radius 3 is 2.48 bits per heavy atom. The summed E-state index contributed by atoms with van der Waals surface area (Å²) >= 11 is 0. The molecule has 2 fully saturated rings. The zero-order chi connectivity index (χ0) is 14.7. The summed E-state index contributed by atoms with van der Waals surface area (Å²) in [5.74, 6) is 0. The van der Waals surface area contributed by atoms with Crippen molar-refractivity contribution in [3.63, 3.8) is 0 Å². The normalized spacial score (nSPS) is 20.6. The van der Waals surface area contributed by atoms with Crippen molar-refractivity contribution in [2.24, 2.45) is 0 Å². The van der Waals surface area contributed by atoms with Gasteiger partial charge in [0.2, 0.25) is 10.0 Å². The van der Waals surface area contributed by atoms with E-state index in [0.29, 0.717) is 30.7 Å². The van der Waals surface area contributed by atoms with Gasteiger partial charge in [-0.3, -0.25) is 0 Å². The predicted octanol–water partition coefficient (Wildman–Crippen LogP) is 1.40.